The van der Waals surface area contributed by atoms with E-state index >= 15 is 0 Å². The first kappa shape index (κ1) is 13.4. The highest BCUT2D eigenvalue weighted by atomic mass is 16.6. The maximum absolute atomic E-state index is 11.2. The number of hydrogen-bond acceptors (Lipinski definition) is 4. The molecule has 0 aromatic heterocycles. The third-order valence-electron chi connectivity index (χ3n) is 1.77. The van der Waals surface area contributed by atoms with Crippen LogP contribution in [0, 0.1) is 0 Å². The van der Waals surface area contributed by atoms with Gasteiger partial charge in [0, 0.05) is 20.1 Å². The van der Waals surface area contributed by atoms with Crippen molar-refractivity contribution in [3.63, 3.8) is 0 Å². The molecule has 15 heavy (non-hydrogen) atoms. The summed E-state index contributed by atoms with van der Waals surface area (Å²) in [7, 11) is 1.31. The number of amides is 1. The second-order valence-electron chi connectivity index (χ2n) is 2.84. The zero-order valence-electron chi connectivity index (χ0n) is 8.55. The van der Waals surface area contributed by atoms with Gasteiger partial charge in [-0.25, -0.2) is 9.59 Å². The summed E-state index contributed by atoms with van der Waals surface area (Å²) in [6.07, 6.45) is 0.596. The SMILES string of the molecule is C=CCOC(=O)N(C)[C@@H](CCO)C(=O)O. The number of carboxylic acids is 1. The topological polar surface area (TPSA) is 87.1 Å². The quantitative estimate of drug-likeness (QED) is 0.615. The molecule has 0 rings (SSSR count). The molecule has 0 aliphatic heterocycles. The van der Waals surface area contributed by atoms with Crippen LogP contribution in [0.4, 0.5) is 4.79 Å². The number of carbonyl (C=O) groups is 2. The van der Waals surface area contributed by atoms with Crippen LogP contribution in [-0.2, 0) is 9.53 Å². The van der Waals surface area contributed by atoms with Crippen LogP contribution < -0.4 is 0 Å². The van der Waals surface area contributed by atoms with Crippen LogP contribution in [0.15, 0.2) is 12.7 Å². The van der Waals surface area contributed by atoms with Crippen molar-refractivity contribution in [3.05, 3.63) is 12.7 Å². The first-order valence-electron chi connectivity index (χ1n) is 4.38. The fourth-order valence-corrected chi connectivity index (χ4v) is 0.964. The minimum atomic E-state index is -1.18. The molecule has 1 atom stereocenters. The van der Waals surface area contributed by atoms with Crippen molar-refractivity contribution in [2.75, 3.05) is 20.3 Å². The predicted octanol–water partition coefficient (Wildman–Crippen LogP) is 0.0764. The van der Waals surface area contributed by atoms with Crippen molar-refractivity contribution in [1.29, 1.82) is 0 Å². The van der Waals surface area contributed by atoms with Gasteiger partial charge in [-0.3, -0.25) is 4.90 Å². The maximum atomic E-state index is 11.2. The lowest BCUT2D eigenvalue weighted by Gasteiger charge is -2.23. The lowest BCUT2D eigenvalue weighted by atomic mass is 10.2. The number of likely N-dealkylation sites (N-methyl/N-ethyl adjacent to an activating group) is 1. The standard InChI is InChI=1S/C9H15NO5/c1-3-6-15-9(14)10(2)7(4-5-11)8(12)13/h3,7,11H,1,4-6H2,2H3,(H,12,13)/t7-/m0/s1. The maximum Gasteiger partial charge on any atom is 0.410 e. The molecule has 0 heterocycles. The number of carbonyl (C=O) groups excluding carboxylic acids is 1. The highest BCUT2D eigenvalue weighted by Crippen LogP contribution is 2.04. The zero-order valence-corrected chi connectivity index (χ0v) is 8.55. The van der Waals surface area contributed by atoms with Gasteiger partial charge in [0.15, 0.2) is 0 Å². The van der Waals surface area contributed by atoms with Gasteiger partial charge in [0.05, 0.1) is 0 Å². The van der Waals surface area contributed by atoms with Gasteiger partial charge in [-0.15, -0.1) is 0 Å². The van der Waals surface area contributed by atoms with Gasteiger partial charge >= 0.3 is 12.1 Å². The lowest BCUT2D eigenvalue weighted by molar-refractivity contribution is -0.142. The van der Waals surface area contributed by atoms with E-state index in [4.69, 9.17) is 10.2 Å². The second-order valence-corrected chi connectivity index (χ2v) is 2.84. The Morgan fingerprint density at radius 3 is 2.60 bits per heavy atom. The van der Waals surface area contributed by atoms with E-state index in [1.807, 2.05) is 0 Å². The summed E-state index contributed by atoms with van der Waals surface area (Å²) in [5, 5.41) is 17.4. The molecule has 86 valence electrons. The fourth-order valence-electron chi connectivity index (χ4n) is 0.964. The molecular weight excluding hydrogens is 202 g/mol. The molecule has 0 saturated carbocycles. The molecule has 0 unspecified atom stereocenters. The molecule has 0 radical (unpaired) electrons. The average Bonchev–Trinajstić information content (AvgIpc) is 2.21. The number of hydrogen-bond donors (Lipinski definition) is 2. The third kappa shape index (κ3) is 4.46. The van der Waals surface area contributed by atoms with E-state index in [1.165, 1.54) is 13.1 Å². The molecular formula is C9H15NO5. The van der Waals surface area contributed by atoms with Gasteiger partial charge in [0.1, 0.15) is 12.6 Å². The van der Waals surface area contributed by atoms with Crippen LogP contribution >= 0.6 is 0 Å². The van der Waals surface area contributed by atoms with Crippen LogP contribution in [0.5, 0.6) is 0 Å². The van der Waals surface area contributed by atoms with E-state index in [-0.39, 0.29) is 19.6 Å². The van der Waals surface area contributed by atoms with Gasteiger partial charge in [0.25, 0.3) is 0 Å². The molecule has 0 aliphatic rings. The number of carboxylic acid groups (broad SMARTS) is 1. The third-order valence-corrected chi connectivity index (χ3v) is 1.77. The Hall–Kier alpha value is -1.56. The summed E-state index contributed by atoms with van der Waals surface area (Å²) in [6, 6.07) is -1.08. The summed E-state index contributed by atoms with van der Waals surface area (Å²) < 4.78 is 4.65. The molecule has 0 saturated heterocycles. The smallest absolute Gasteiger partial charge is 0.410 e. The fraction of sp³-hybridized carbons (Fsp3) is 0.556. The van der Waals surface area contributed by atoms with Crippen molar-refractivity contribution in [2.24, 2.45) is 0 Å². The van der Waals surface area contributed by atoms with Gasteiger partial charge in [-0.05, 0) is 0 Å². The van der Waals surface area contributed by atoms with E-state index in [9.17, 15) is 9.59 Å². The van der Waals surface area contributed by atoms with E-state index in [2.05, 4.69) is 11.3 Å². The summed E-state index contributed by atoms with van der Waals surface area (Å²) in [5.41, 5.74) is 0. The van der Waals surface area contributed by atoms with Crippen molar-refractivity contribution >= 4 is 12.1 Å². The molecule has 0 fully saturated rings. The molecule has 0 aliphatic carbocycles. The van der Waals surface area contributed by atoms with Gasteiger partial charge < -0.3 is 14.9 Å². The summed E-state index contributed by atoms with van der Waals surface area (Å²) in [5.74, 6) is -1.18. The first-order chi connectivity index (χ1) is 7.04. The lowest BCUT2D eigenvalue weighted by Crippen LogP contribution is -2.43. The molecule has 0 aromatic carbocycles. The van der Waals surface area contributed by atoms with E-state index in [0.717, 1.165) is 4.90 Å². The van der Waals surface area contributed by atoms with Gasteiger partial charge in [-0.1, -0.05) is 12.7 Å². The van der Waals surface area contributed by atoms with Crippen LogP contribution in [0.3, 0.4) is 0 Å². The molecule has 6 nitrogen and oxygen atoms in total. The van der Waals surface area contributed by atoms with Crippen molar-refractivity contribution in [2.45, 2.75) is 12.5 Å². The largest absolute Gasteiger partial charge is 0.480 e. The molecule has 0 bridgehead atoms. The molecule has 0 spiro atoms. The number of rotatable bonds is 6. The zero-order chi connectivity index (χ0) is 11.8. The molecule has 2 N–H and O–H groups in total. The van der Waals surface area contributed by atoms with Crippen molar-refractivity contribution in [1.82, 2.24) is 4.90 Å². The van der Waals surface area contributed by atoms with Crippen molar-refractivity contribution in [3.8, 4) is 0 Å². The van der Waals surface area contributed by atoms with Crippen LogP contribution in [-0.4, -0.2) is 53.5 Å². The van der Waals surface area contributed by atoms with Crippen LogP contribution in [0.2, 0.25) is 0 Å². The Kier molecular flexibility index (Phi) is 6.12. The Morgan fingerprint density at radius 2 is 2.20 bits per heavy atom. The number of nitrogens with zero attached hydrogens (tertiary/aromatic N) is 1. The highest BCUT2D eigenvalue weighted by Gasteiger charge is 2.26. The Bertz CT molecular complexity index is 241. The summed E-state index contributed by atoms with van der Waals surface area (Å²) in [6.45, 7) is 3.07. The van der Waals surface area contributed by atoms with Crippen LogP contribution in [0.1, 0.15) is 6.42 Å². The van der Waals surface area contributed by atoms with Gasteiger partial charge in [-0.2, -0.15) is 0 Å². The minimum Gasteiger partial charge on any atom is -0.480 e. The molecule has 6 heteroatoms. The average molecular weight is 217 g/mol. The van der Waals surface area contributed by atoms with Crippen molar-refractivity contribution < 1.29 is 24.5 Å². The normalized spacial score (nSPS) is 11.6. The Labute approximate surface area is 87.8 Å². The van der Waals surface area contributed by atoms with Gasteiger partial charge in [0.2, 0.25) is 0 Å². The summed E-state index contributed by atoms with van der Waals surface area (Å²) in [4.78, 5) is 22.9. The number of ether oxygens (including phenoxy) is 1. The Balaban J connectivity index is 4.34. The minimum absolute atomic E-state index is 0.0225. The number of aliphatic carboxylic acids is 1. The second kappa shape index (κ2) is 6.83. The number of aliphatic hydroxyl groups excluding tert-OH is 1. The van der Waals surface area contributed by atoms with E-state index < -0.39 is 18.1 Å². The Morgan fingerprint density at radius 1 is 1.60 bits per heavy atom. The first-order valence-corrected chi connectivity index (χ1v) is 4.38. The molecule has 1 amide bonds. The summed E-state index contributed by atoms with van der Waals surface area (Å²) >= 11 is 0. The number of aliphatic hydroxyl groups is 1. The molecule has 0 aromatic rings. The monoisotopic (exact) mass is 217 g/mol. The highest BCUT2D eigenvalue weighted by molar-refractivity contribution is 5.79. The van der Waals surface area contributed by atoms with E-state index in [0.29, 0.717) is 0 Å². The van der Waals surface area contributed by atoms with E-state index in [1.54, 1.807) is 0 Å². The van der Waals surface area contributed by atoms with Crippen LogP contribution in [0.25, 0.3) is 0 Å². The predicted molar refractivity (Wildman–Crippen MR) is 52.4 cm³/mol.